The molecule has 4 rings (SSSR count). The number of amides is 1. The summed E-state index contributed by atoms with van der Waals surface area (Å²) in [4.78, 5) is 16.8. The summed E-state index contributed by atoms with van der Waals surface area (Å²) in [6.45, 7) is 4.10. The number of likely N-dealkylation sites (tertiary alicyclic amines) is 1. The quantitative estimate of drug-likeness (QED) is 0.941. The van der Waals surface area contributed by atoms with Gasteiger partial charge in [-0.3, -0.25) is 9.89 Å². The minimum Gasteiger partial charge on any atom is -0.312 e. The van der Waals surface area contributed by atoms with E-state index in [2.05, 4.69) is 21.2 Å². The number of piperidine rings is 1. The van der Waals surface area contributed by atoms with Crippen molar-refractivity contribution >= 4 is 11.6 Å². The molecule has 2 aliphatic rings. The molecular formula is C19H24N4O. The molecule has 1 aromatic carbocycles. The molecular weight excluding hydrogens is 300 g/mol. The molecule has 0 bridgehead atoms. The van der Waals surface area contributed by atoms with E-state index in [1.807, 2.05) is 41.4 Å². The van der Waals surface area contributed by atoms with Crippen LogP contribution in [-0.2, 0) is 4.79 Å². The summed E-state index contributed by atoms with van der Waals surface area (Å²) in [6, 6.07) is 12.1. The summed E-state index contributed by atoms with van der Waals surface area (Å²) in [5.74, 6) is 1.31. The number of hydrogen-bond donors (Lipinski definition) is 1. The van der Waals surface area contributed by atoms with Crippen molar-refractivity contribution in [2.45, 2.75) is 25.2 Å². The molecule has 2 aromatic rings. The lowest BCUT2D eigenvalue weighted by molar-refractivity contribution is -0.117. The van der Waals surface area contributed by atoms with Crippen LogP contribution in [-0.4, -0.2) is 47.2 Å². The Hall–Kier alpha value is -2.14. The first-order chi connectivity index (χ1) is 11.8. The molecule has 5 heteroatoms. The number of rotatable bonds is 4. The van der Waals surface area contributed by atoms with Crippen LogP contribution in [0.2, 0.25) is 0 Å². The van der Waals surface area contributed by atoms with E-state index in [1.54, 1.807) is 0 Å². The standard InChI is InChI=1S/C19H24N4O/c24-19-12-15(14-23(19)17-4-2-1-3-5-17)13-22-10-7-16(8-11-22)18-6-9-20-21-18/h1-6,9,15-16H,7-8,10-14H2,(H,20,21)/t15-/m1/s1. The smallest absolute Gasteiger partial charge is 0.227 e. The molecule has 5 nitrogen and oxygen atoms in total. The maximum Gasteiger partial charge on any atom is 0.227 e. The van der Waals surface area contributed by atoms with Gasteiger partial charge in [0.05, 0.1) is 0 Å². The monoisotopic (exact) mass is 324 g/mol. The summed E-state index contributed by atoms with van der Waals surface area (Å²) in [5, 5.41) is 7.17. The van der Waals surface area contributed by atoms with Crippen LogP contribution < -0.4 is 4.90 Å². The lowest BCUT2D eigenvalue weighted by atomic mass is 9.93. The summed E-state index contributed by atoms with van der Waals surface area (Å²) in [6.07, 6.45) is 4.86. The molecule has 2 saturated heterocycles. The Bertz CT molecular complexity index is 662. The number of benzene rings is 1. The number of H-pyrrole nitrogens is 1. The van der Waals surface area contributed by atoms with Gasteiger partial charge in [-0.2, -0.15) is 5.10 Å². The average molecular weight is 324 g/mol. The number of carbonyl (C=O) groups excluding carboxylic acids is 1. The van der Waals surface area contributed by atoms with Gasteiger partial charge in [0.1, 0.15) is 0 Å². The molecule has 126 valence electrons. The van der Waals surface area contributed by atoms with Gasteiger partial charge in [-0.25, -0.2) is 0 Å². The third kappa shape index (κ3) is 3.22. The van der Waals surface area contributed by atoms with Gasteiger partial charge in [-0.05, 0) is 50.0 Å². The van der Waals surface area contributed by atoms with Crippen molar-refractivity contribution in [3.05, 3.63) is 48.3 Å². The van der Waals surface area contributed by atoms with E-state index in [9.17, 15) is 4.79 Å². The first kappa shape index (κ1) is 15.4. The van der Waals surface area contributed by atoms with Crippen LogP contribution in [0.1, 0.15) is 30.9 Å². The lowest BCUT2D eigenvalue weighted by Gasteiger charge is -2.32. The van der Waals surface area contributed by atoms with Crippen molar-refractivity contribution in [1.29, 1.82) is 0 Å². The molecule has 1 N–H and O–H groups in total. The molecule has 24 heavy (non-hydrogen) atoms. The van der Waals surface area contributed by atoms with E-state index in [-0.39, 0.29) is 5.91 Å². The average Bonchev–Trinajstić information content (AvgIpc) is 3.26. The van der Waals surface area contributed by atoms with Gasteiger partial charge in [0, 0.05) is 43.0 Å². The highest BCUT2D eigenvalue weighted by molar-refractivity contribution is 5.95. The number of nitrogens with zero attached hydrogens (tertiary/aromatic N) is 3. The predicted molar refractivity (Wildman–Crippen MR) is 93.9 cm³/mol. The van der Waals surface area contributed by atoms with Crippen LogP contribution in [0.25, 0.3) is 0 Å². The third-order valence-electron chi connectivity index (χ3n) is 5.34. The van der Waals surface area contributed by atoms with Crippen LogP contribution in [0.3, 0.4) is 0 Å². The second kappa shape index (κ2) is 6.77. The molecule has 0 radical (unpaired) electrons. The fourth-order valence-electron chi connectivity index (χ4n) is 4.05. The molecule has 2 fully saturated rings. The number of para-hydroxylation sites is 1. The maximum absolute atomic E-state index is 12.3. The molecule has 1 atom stereocenters. The molecule has 0 spiro atoms. The van der Waals surface area contributed by atoms with Gasteiger partial charge in [0.25, 0.3) is 0 Å². The Morgan fingerprint density at radius 1 is 1.12 bits per heavy atom. The molecule has 0 unspecified atom stereocenters. The minimum absolute atomic E-state index is 0.263. The van der Waals surface area contributed by atoms with Gasteiger partial charge in [0.2, 0.25) is 5.91 Å². The Morgan fingerprint density at radius 3 is 2.62 bits per heavy atom. The van der Waals surface area contributed by atoms with Crippen LogP contribution in [0.15, 0.2) is 42.6 Å². The molecule has 2 aliphatic heterocycles. The van der Waals surface area contributed by atoms with Crippen molar-refractivity contribution in [2.24, 2.45) is 5.92 Å². The Morgan fingerprint density at radius 2 is 1.92 bits per heavy atom. The second-order valence-electron chi connectivity index (χ2n) is 7.00. The zero-order chi connectivity index (χ0) is 16.4. The first-order valence-electron chi connectivity index (χ1n) is 8.86. The fourth-order valence-corrected chi connectivity index (χ4v) is 4.05. The fraction of sp³-hybridized carbons (Fsp3) is 0.474. The number of aromatic amines is 1. The van der Waals surface area contributed by atoms with E-state index in [4.69, 9.17) is 0 Å². The third-order valence-corrected chi connectivity index (χ3v) is 5.34. The van der Waals surface area contributed by atoms with Crippen LogP contribution in [0, 0.1) is 5.92 Å². The van der Waals surface area contributed by atoms with Crippen molar-refractivity contribution in [3.63, 3.8) is 0 Å². The molecule has 1 aromatic heterocycles. The Balaban J connectivity index is 1.30. The summed E-state index contributed by atoms with van der Waals surface area (Å²) in [7, 11) is 0. The second-order valence-corrected chi connectivity index (χ2v) is 7.00. The van der Waals surface area contributed by atoms with E-state index in [1.165, 1.54) is 18.5 Å². The lowest BCUT2D eigenvalue weighted by Crippen LogP contribution is -2.37. The number of aromatic nitrogens is 2. The molecule has 0 aliphatic carbocycles. The van der Waals surface area contributed by atoms with Gasteiger partial charge >= 0.3 is 0 Å². The largest absolute Gasteiger partial charge is 0.312 e. The number of hydrogen-bond acceptors (Lipinski definition) is 3. The van der Waals surface area contributed by atoms with E-state index < -0.39 is 0 Å². The summed E-state index contributed by atoms with van der Waals surface area (Å²) < 4.78 is 0. The Kier molecular flexibility index (Phi) is 4.34. The van der Waals surface area contributed by atoms with Crippen LogP contribution in [0.4, 0.5) is 5.69 Å². The van der Waals surface area contributed by atoms with Crippen molar-refractivity contribution < 1.29 is 4.79 Å². The van der Waals surface area contributed by atoms with Crippen molar-refractivity contribution in [1.82, 2.24) is 15.1 Å². The minimum atomic E-state index is 0.263. The first-order valence-corrected chi connectivity index (χ1v) is 8.86. The predicted octanol–water partition coefficient (Wildman–Crippen LogP) is 2.64. The van der Waals surface area contributed by atoms with Crippen molar-refractivity contribution in [2.75, 3.05) is 31.1 Å². The van der Waals surface area contributed by atoms with Gasteiger partial charge in [-0.1, -0.05) is 18.2 Å². The van der Waals surface area contributed by atoms with E-state index in [0.29, 0.717) is 18.3 Å². The molecule has 3 heterocycles. The number of anilines is 1. The van der Waals surface area contributed by atoms with Gasteiger partial charge in [-0.15, -0.1) is 0 Å². The molecule has 0 saturated carbocycles. The van der Waals surface area contributed by atoms with Crippen molar-refractivity contribution in [3.8, 4) is 0 Å². The van der Waals surface area contributed by atoms with Crippen LogP contribution >= 0.6 is 0 Å². The highest BCUT2D eigenvalue weighted by Gasteiger charge is 2.32. The number of nitrogens with one attached hydrogen (secondary N) is 1. The Labute approximate surface area is 142 Å². The van der Waals surface area contributed by atoms with Gasteiger partial charge in [0.15, 0.2) is 0 Å². The van der Waals surface area contributed by atoms with E-state index in [0.717, 1.165) is 31.9 Å². The zero-order valence-corrected chi connectivity index (χ0v) is 13.9. The van der Waals surface area contributed by atoms with E-state index >= 15 is 0 Å². The highest BCUT2D eigenvalue weighted by atomic mass is 16.2. The molecule has 1 amide bonds. The highest BCUT2D eigenvalue weighted by Crippen LogP contribution is 2.29. The maximum atomic E-state index is 12.3. The van der Waals surface area contributed by atoms with Crippen LogP contribution in [0.5, 0.6) is 0 Å². The number of carbonyl (C=O) groups is 1. The summed E-state index contributed by atoms with van der Waals surface area (Å²) in [5.41, 5.74) is 2.30. The SMILES string of the molecule is O=C1C[C@H](CN2CCC(c3ccn[nH]3)CC2)CN1c1ccccc1. The topological polar surface area (TPSA) is 52.2 Å². The zero-order valence-electron chi connectivity index (χ0n) is 13.9. The van der Waals surface area contributed by atoms with Gasteiger partial charge < -0.3 is 9.80 Å². The normalized spacial score (nSPS) is 23.1. The summed E-state index contributed by atoms with van der Waals surface area (Å²) >= 11 is 0.